The lowest BCUT2D eigenvalue weighted by molar-refractivity contribution is 1.05. The Bertz CT molecular complexity index is 2360. The molecule has 43 heavy (non-hydrogen) atoms. The molecule has 0 unspecified atom stereocenters. The quantitative estimate of drug-likeness (QED) is 0.219. The van der Waals surface area contributed by atoms with E-state index in [1.165, 1.54) is 49.5 Å². The Morgan fingerprint density at radius 3 is 1.86 bits per heavy atom. The highest BCUT2D eigenvalue weighted by Gasteiger charge is 2.28. The van der Waals surface area contributed by atoms with E-state index in [4.69, 9.17) is 4.98 Å². The topological polar surface area (TPSA) is 21.1 Å². The van der Waals surface area contributed by atoms with Gasteiger partial charge in [-0.05, 0) is 74.6 Å². The van der Waals surface area contributed by atoms with Crippen LogP contribution in [0.1, 0.15) is 0 Å². The molecule has 0 N–H and O–H groups in total. The highest BCUT2D eigenvalue weighted by atomic mass is 15.2. The van der Waals surface area contributed by atoms with Gasteiger partial charge in [-0.15, -0.1) is 0 Å². The van der Waals surface area contributed by atoms with Crippen molar-refractivity contribution in [2.45, 2.75) is 0 Å². The standard InChI is InChI=1S/C40H27N3/c1-42-36-15-8-14-35-39(36)43(40(41-35)27-10-3-2-4-11-27)37-16-7-13-34(38(37)42)33-22-21-31-24-30(19-20-32(31)25-33)29-18-17-26-9-5-6-12-28(26)23-29/h2-25H,1H3. The Labute approximate surface area is 249 Å². The number of imidazole rings is 1. The summed E-state index contributed by atoms with van der Waals surface area (Å²) in [5, 5.41) is 5.00. The van der Waals surface area contributed by atoms with Crippen molar-refractivity contribution < 1.29 is 0 Å². The molecular formula is C40H27N3. The molecule has 202 valence electrons. The molecule has 0 aliphatic carbocycles. The maximum Gasteiger partial charge on any atom is 0.145 e. The second-order valence-corrected chi connectivity index (χ2v) is 11.4. The van der Waals surface area contributed by atoms with E-state index in [0.29, 0.717) is 0 Å². The van der Waals surface area contributed by atoms with Crippen LogP contribution in [0.25, 0.3) is 71.9 Å². The van der Waals surface area contributed by atoms with E-state index in [9.17, 15) is 0 Å². The van der Waals surface area contributed by atoms with E-state index >= 15 is 0 Å². The molecule has 2 heterocycles. The van der Waals surface area contributed by atoms with E-state index in [1.807, 2.05) is 0 Å². The minimum atomic E-state index is 0.967. The van der Waals surface area contributed by atoms with Crippen molar-refractivity contribution in [1.29, 1.82) is 0 Å². The largest absolute Gasteiger partial charge is 0.341 e. The summed E-state index contributed by atoms with van der Waals surface area (Å²) in [7, 11) is 2.17. The highest BCUT2D eigenvalue weighted by Crippen LogP contribution is 2.48. The van der Waals surface area contributed by atoms with Crippen molar-refractivity contribution in [3.63, 3.8) is 0 Å². The lowest BCUT2D eigenvalue weighted by atomic mass is 9.95. The molecule has 1 aliphatic heterocycles. The van der Waals surface area contributed by atoms with Crippen molar-refractivity contribution >= 4 is 44.0 Å². The average molecular weight is 550 g/mol. The zero-order chi connectivity index (χ0) is 28.5. The number of nitrogens with zero attached hydrogens (tertiary/aromatic N) is 3. The fourth-order valence-corrected chi connectivity index (χ4v) is 6.77. The minimum Gasteiger partial charge on any atom is -0.341 e. The van der Waals surface area contributed by atoms with Gasteiger partial charge in [0.15, 0.2) is 0 Å². The van der Waals surface area contributed by atoms with Crippen LogP contribution in [-0.4, -0.2) is 16.6 Å². The summed E-state index contributed by atoms with van der Waals surface area (Å²) in [6, 6.07) is 52.4. The molecule has 3 nitrogen and oxygen atoms in total. The lowest BCUT2D eigenvalue weighted by Crippen LogP contribution is -2.19. The van der Waals surface area contributed by atoms with Crippen LogP contribution in [0.2, 0.25) is 0 Å². The fraction of sp³-hybridized carbons (Fsp3) is 0.0250. The number of anilines is 2. The fourth-order valence-electron chi connectivity index (χ4n) is 6.77. The first-order valence-corrected chi connectivity index (χ1v) is 14.7. The smallest absolute Gasteiger partial charge is 0.145 e. The monoisotopic (exact) mass is 549 g/mol. The Balaban J connectivity index is 1.19. The molecule has 8 aromatic rings. The Kier molecular flexibility index (Phi) is 5.11. The third kappa shape index (κ3) is 3.65. The van der Waals surface area contributed by atoms with Crippen LogP contribution >= 0.6 is 0 Å². The Hall–Kier alpha value is -5.67. The number of aromatic nitrogens is 2. The van der Waals surface area contributed by atoms with Gasteiger partial charge >= 0.3 is 0 Å². The van der Waals surface area contributed by atoms with Crippen molar-refractivity contribution in [2.24, 2.45) is 0 Å². The summed E-state index contributed by atoms with van der Waals surface area (Å²) in [5.74, 6) is 0.967. The molecule has 0 bridgehead atoms. The third-order valence-corrected chi connectivity index (χ3v) is 8.87. The molecule has 0 atom stereocenters. The normalized spacial score (nSPS) is 12.3. The van der Waals surface area contributed by atoms with Crippen LogP contribution < -0.4 is 4.90 Å². The van der Waals surface area contributed by atoms with Crippen molar-refractivity contribution in [1.82, 2.24) is 9.55 Å². The van der Waals surface area contributed by atoms with E-state index in [-0.39, 0.29) is 0 Å². The third-order valence-electron chi connectivity index (χ3n) is 8.87. The van der Waals surface area contributed by atoms with Crippen LogP contribution in [0.3, 0.4) is 0 Å². The summed E-state index contributed by atoms with van der Waals surface area (Å²) in [6.07, 6.45) is 0. The van der Waals surface area contributed by atoms with Gasteiger partial charge in [0.25, 0.3) is 0 Å². The molecule has 1 aromatic heterocycles. The first-order chi connectivity index (χ1) is 21.2. The van der Waals surface area contributed by atoms with Gasteiger partial charge in [-0.3, -0.25) is 4.57 Å². The van der Waals surface area contributed by atoms with E-state index in [2.05, 4.69) is 162 Å². The Morgan fingerprint density at radius 2 is 1.07 bits per heavy atom. The maximum atomic E-state index is 5.12. The first kappa shape index (κ1) is 24.0. The number of hydrogen-bond acceptors (Lipinski definition) is 2. The first-order valence-electron chi connectivity index (χ1n) is 14.7. The Morgan fingerprint density at radius 1 is 0.465 bits per heavy atom. The average Bonchev–Trinajstić information content (AvgIpc) is 3.47. The number of para-hydroxylation sites is 2. The van der Waals surface area contributed by atoms with Gasteiger partial charge in [-0.2, -0.15) is 0 Å². The van der Waals surface area contributed by atoms with E-state index < -0.39 is 0 Å². The minimum absolute atomic E-state index is 0.967. The number of hydrogen-bond donors (Lipinski definition) is 0. The lowest BCUT2D eigenvalue weighted by Gasteiger charge is -2.32. The second-order valence-electron chi connectivity index (χ2n) is 11.4. The summed E-state index contributed by atoms with van der Waals surface area (Å²) in [6.45, 7) is 0. The summed E-state index contributed by atoms with van der Waals surface area (Å²) in [5.41, 5.74) is 11.6. The van der Waals surface area contributed by atoms with Crippen molar-refractivity contribution in [3.8, 4) is 39.3 Å². The van der Waals surface area contributed by atoms with E-state index in [0.717, 1.165) is 33.8 Å². The van der Waals surface area contributed by atoms with Crippen LogP contribution in [0.4, 0.5) is 11.4 Å². The number of benzene rings is 7. The SMILES string of the molecule is CN1c2c(-c3ccc4cc(-c5ccc6ccccc6c5)ccc4c3)cccc2-n2c(-c3ccccc3)nc3cccc1c32. The van der Waals surface area contributed by atoms with Gasteiger partial charge in [0.05, 0.1) is 28.1 Å². The maximum absolute atomic E-state index is 5.12. The molecule has 3 heteroatoms. The predicted molar refractivity (Wildman–Crippen MR) is 180 cm³/mol. The number of fused-ring (bicyclic) bond motifs is 4. The van der Waals surface area contributed by atoms with Gasteiger partial charge in [-0.25, -0.2) is 4.98 Å². The summed E-state index contributed by atoms with van der Waals surface area (Å²) in [4.78, 5) is 7.45. The summed E-state index contributed by atoms with van der Waals surface area (Å²) >= 11 is 0. The van der Waals surface area contributed by atoms with Crippen LogP contribution in [-0.2, 0) is 0 Å². The van der Waals surface area contributed by atoms with Gasteiger partial charge in [0, 0.05) is 18.2 Å². The van der Waals surface area contributed by atoms with Crippen LogP contribution in [0.15, 0.2) is 146 Å². The molecule has 0 saturated carbocycles. The van der Waals surface area contributed by atoms with Crippen molar-refractivity contribution in [2.75, 3.05) is 11.9 Å². The van der Waals surface area contributed by atoms with Crippen LogP contribution in [0, 0.1) is 0 Å². The molecule has 1 aliphatic rings. The van der Waals surface area contributed by atoms with Gasteiger partial charge < -0.3 is 4.90 Å². The molecule has 0 amide bonds. The van der Waals surface area contributed by atoms with Gasteiger partial charge in [0.2, 0.25) is 0 Å². The highest BCUT2D eigenvalue weighted by molar-refractivity contribution is 6.04. The molecule has 0 fully saturated rings. The van der Waals surface area contributed by atoms with Crippen LogP contribution in [0.5, 0.6) is 0 Å². The van der Waals surface area contributed by atoms with E-state index in [1.54, 1.807) is 0 Å². The molecule has 0 spiro atoms. The molecular weight excluding hydrogens is 522 g/mol. The predicted octanol–water partition coefficient (Wildman–Crippen LogP) is 10.4. The number of rotatable bonds is 3. The molecule has 7 aromatic carbocycles. The molecule has 0 radical (unpaired) electrons. The molecule has 0 saturated heterocycles. The van der Waals surface area contributed by atoms with Gasteiger partial charge in [-0.1, -0.05) is 109 Å². The zero-order valence-corrected chi connectivity index (χ0v) is 23.7. The van der Waals surface area contributed by atoms with Gasteiger partial charge in [0.1, 0.15) is 5.82 Å². The summed E-state index contributed by atoms with van der Waals surface area (Å²) < 4.78 is 2.34. The zero-order valence-electron chi connectivity index (χ0n) is 23.7. The molecule has 9 rings (SSSR count). The second kappa shape index (κ2) is 9.17. The van der Waals surface area contributed by atoms with Crippen molar-refractivity contribution in [3.05, 3.63) is 146 Å².